The molecule has 2 amide bonds. The second kappa shape index (κ2) is 22.8. The first kappa shape index (κ1) is 50.7. The molecule has 2 aromatic carbocycles. The Balaban J connectivity index is 0.617. The van der Waals surface area contributed by atoms with Gasteiger partial charge in [-0.05, 0) is 138 Å². The summed E-state index contributed by atoms with van der Waals surface area (Å²) in [5.41, 5.74) is 4.14. The van der Waals surface area contributed by atoms with Gasteiger partial charge in [-0.25, -0.2) is 0 Å². The van der Waals surface area contributed by atoms with Gasteiger partial charge < -0.3 is 49.7 Å². The number of aromatic nitrogens is 3. The van der Waals surface area contributed by atoms with Crippen molar-refractivity contribution in [2.75, 3.05) is 102 Å². The first-order chi connectivity index (χ1) is 35.5. The normalized spacial score (nSPS) is 23.9. The summed E-state index contributed by atoms with van der Waals surface area (Å²) >= 11 is 0. The van der Waals surface area contributed by atoms with Crippen LogP contribution >= 0.6 is 0 Å². The number of piperidine rings is 3. The minimum atomic E-state index is -0.813. The maximum Gasteiger partial charge on any atom is 0.254 e. The number of hydrogen-bond donors (Lipinski definition) is 4. The summed E-state index contributed by atoms with van der Waals surface area (Å²) in [7, 11) is 0. The van der Waals surface area contributed by atoms with E-state index >= 15 is 0 Å². The summed E-state index contributed by atoms with van der Waals surface area (Å²) < 4.78 is 11.8. The van der Waals surface area contributed by atoms with Gasteiger partial charge in [-0.2, -0.15) is 0 Å². The average Bonchev–Trinajstić information content (AvgIpc) is 4.05. The number of terminal acetylenes is 1. The Kier molecular flexibility index (Phi) is 15.8. The molecule has 0 aliphatic carbocycles. The number of aromatic hydroxyl groups is 1. The number of amides is 2. The smallest absolute Gasteiger partial charge is 0.254 e. The van der Waals surface area contributed by atoms with Crippen molar-refractivity contribution < 1.29 is 29.1 Å². The van der Waals surface area contributed by atoms with E-state index in [1.807, 2.05) is 63.2 Å². The second-order valence-corrected chi connectivity index (χ2v) is 21.8. The molecule has 10 rings (SSSR count). The molecule has 0 bridgehead atoms. The number of para-hydroxylation sites is 1. The van der Waals surface area contributed by atoms with E-state index in [4.69, 9.17) is 15.7 Å². The fraction of sp³-hybridized carbons (Fsp3) is 0.589. The third-order valence-corrected chi connectivity index (χ3v) is 16.8. The quantitative estimate of drug-likeness (QED) is 0.117. The first-order valence-electron chi connectivity index (χ1n) is 27.0. The zero-order valence-corrected chi connectivity index (χ0v) is 42.9. The van der Waals surface area contributed by atoms with Crippen molar-refractivity contribution in [2.45, 2.75) is 108 Å². The lowest BCUT2D eigenvalue weighted by Crippen LogP contribution is -2.58. The number of carbonyl (C=O) groups is 2. The number of hydrogen-bond acceptors (Lipinski definition) is 15. The molecular weight excluding hydrogens is 923 g/mol. The summed E-state index contributed by atoms with van der Waals surface area (Å²) in [5.74, 6) is 3.69. The van der Waals surface area contributed by atoms with Gasteiger partial charge in [0.25, 0.3) is 5.88 Å². The lowest BCUT2D eigenvalue weighted by atomic mass is 9.91. The van der Waals surface area contributed by atoms with Gasteiger partial charge in [-0.3, -0.25) is 19.4 Å². The summed E-state index contributed by atoms with van der Waals surface area (Å²) in [6, 6.07) is 19.1. The number of carbonyl (C=O) groups excluding carboxylic acids is 2. The number of rotatable bonds is 15. The van der Waals surface area contributed by atoms with Crippen LogP contribution in [0.4, 0.5) is 11.5 Å². The van der Waals surface area contributed by atoms with Crippen molar-refractivity contribution in [1.82, 2.24) is 45.2 Å². The van der Waals surface area contributed by atoms with Crippen LogP contribution in [0.5, 0.6) is 11.6 Å². The Bertz CT molecular complexity index is 2540. The summed E-state index contributed by atoms with van der Waals surface area (Å²) in [6.07, 6.45) is 12.3. The third-order valence-electron chi connectivity index (χ3n) is 16.8. The summed E-state index contributed by atoms with van der Waals surface area (Å²) in [4.78, 5) is 42.4. The van der Waals surface area contributed by atoms with E-state index in [9.17, 15) is 19.8 Å². The number of anilines is 2. The van der Waals surface area contributed by atoms with Gasteiger partial charge >= 0.3 is 0 Å². The highest BCUT2D eigenvalue weighted by atomic mass is 16.5. The number of nitrogens with zero attached hydrogens (tertiary/aromatic N) is 9. The number of nitrogens with one attached hydrogen (secondary N) is 2. The molecule has 4 N–H and O–H groups in total. The first-order valence-corrected chi connectivity index (χ1v) is 27.0. The number of benzene rings is 2. The van der Waals surface area contributed by atoms with Crippen molar-refractivity contribution in [1.29, 1.82) is 0 Å². The molecule has 17 nitrogen and oxygen atoms in total. The highest BCUT2D eigenvalue weighted by Crippen LogP contribution is 2.37. The molecule has 5 saturated heterocycles. The Morgan fingerprint density at radius 2 is 1.58 bits per heavy atom. The highest BCUT2D eigenvalue weighted by Gasteiger charge is 2.44. The lowest BCUT2D eigenvalue weighted by Gasteiger charge is -2.47. The minimum Gasteiger partial charge on any atom is -0.507 e. The van der Waals surface area contributed by atoms with Gasteiger partial charge in [0.05, 0.1) is 29.6 Å². The molecule has 8 heterocycles. The predicted octanol–water partition coefficient (Wildman–Crippen LogP) is 5.03. The number of fused-ring (bicyclic) bond motifs is 3. The van der Waals surface area contributed by atoms with Crippen molar-refractivity contribution in [2.24, 2.45) is 11.8 Å². The van der Waals surface area contributed by atoms with Gasteiger partial charge in [0.2, 0.25) is 11.8 Å². The van der Waals surface area contributed by atoms with E-state index in [-0.39, 0.29) is 42.5 Å². The molecule has 5 atom stereocenters. The molecule has 4 aromatic rings. The predicted molar refractivity (Wildman–Crippen MR) is 280 cm³/mol. The molecule has 0 unspecified atom stereocenters. The number of ether oxygens (including phenoxy) is 1. The van der Waals surface area contributed by atoms with Crippen molar-refractivity contribution in [3.05, 3.63) is 77.6 Å². The molecule has 17 heteroatoms. The van der Waals surface area contributed by atoms with Crippen LogP contribution in [0.15, 0.2) is 65.2 Å². The molecule has 0 radical (unpaired) electrons. The SMILES string of the molecule is C#Cc1ccc([C@H](C)NC(=O)[C@@H]2C[C@@H](O)CN2C(=O)[C@H](c2cc(OCCN3CCC(N4CCC(N5CCC(CN6CCN7c8cc(-c9ccccc9O)nnc8NC[C@H]7C6)CC5)CC4)CC3)no2)C(C)C)cc1. The van der Waals surface area contributed by atoms with E-state index in [0.717, 1.165) is 87.2 Å². The largest absolute Gasteiger partial charge is 0.507 e. The Hall–Kier alpha value is -5.77. The monoisotopic (exact) mass is 998 g/mol. The molecule has 0 saturated carbocycles. The van der Waals surface area contributed by atoms with Gasteiger partial charge in [0, 0.05) is 81.5 Å². The van der Waals surface area contributed by atoms with Crippen LogP contribution in [-0.4, -0.2) is 184 Å². The van der Waals surface area contributed by atoms with E-state index in [2.05, 4.69) is 62.5 Å². The molecule has 73 heavy (non-hydrogen) atoms. The van der Waals surface area contributed by atoms with Crippen LogP contribution < -0.4 is 20.3 Å². The van der Waals surface area contributed by atoms with Crippen LogP contribution in [0.2, 0.25) is 0 Å². The van der Waals surface area contributed by atoms with Crippen LogP contribution in [0.25, 0.3) is 11.3 Å². The Morgan fingerprint density at radius 3 is 2.29 bits per heavy atom. The second-order valence-electron chi connectivity index (χ2n) is 21.8. The Morgan fingerprint density at radius 1 is 0.863 bits per heavy atom. The van der Waals surface area contributed by atoms with Crippen molar-refractivity contribution in [3.63, 3.8) is 0 Å². The van der Waals surface area contributed by atoms with Crippen LogP contribution in [0.3, 0.4) is 0 Å². The summed E-state index contributed by atoms with van der Waals surface area (Å²) in [5, 5.41) is 40.8. The lowest BCUT2D eigenvalue weighted by molar-refractivity contribution is -0.141. The average molecular weight is 998 g/mol. The topological polar surface area (TPSA) is 179 Å². The number of phenols is 1. The maximum absolute atomic E-state index is 14.2. The number of piperazine rings is 1. The van der Waals surface area contributed by atoms with E-state index in [1.54, 1.807) is 12.1 Å². The minimum absolute atomic E-state index is 0.0669. The van der Waals surface area contributed by atoms with Gasteiger partial charge in [0.1, 0.15) is 24.3 Å². The molecule has 6 aliphatic rings. The van der Waals surface area contributed by atoms with Crippen LogP contribution in [0, 0.1) is 24.2 Å². The highest BCUT2D eigenvalue weighted by molar-refractivity contribution is 5.91. The number of aliphatic hydroxyl groups is 1. The fourth-order valence-electron chi connectivity index (χ4n) is 12.6. The zero-order chi connectivity index (χ0) is 50.6. The Labute approximate surface area is 430 Å². The zero-order valence-electron chi connectivity index (χ0n) is 42.9. The molecule has 390 valence electrons. The molecule has 0 spiro atoms. The van der Waals surface area contributed by atoms with E-state index in [1.165, 1.54) is 63.3 Å². The maximum atomic E-state index is 14.2. The molecule has 6 aliphatic heterocycles. The molecule has 2 aromatic heterocycles. The van der Waals surface area contributed by atoms with Crippen LogP contribution in [0.1, 0.15) is 94.6 Å². The van der Waals surface area contributed by atoms with Crippen LogP contribution in [-0.2, 0) is 9.59 Å². The van der Waals surface area contributed by atoms with Gasteiger partial charge in [0.15, 0.2) is 11.6 Å². The molecular formula is C56H75N11O6. The van der Waals surface area contributed by atoms with Gasteiger partial charge in [-0.1, -0.05) is 44.0 Å². The number of phenolic OH excluding ortho intramolecular Hbond substituents is 1. The van der Waals surface area contributed by atoms with E-state index < -0.39 is 18.1 Å². The summed E-state index contributed by atoms with van der Waals surface area (Å²) in [6.45, 7) is 19.1. The van der Waals surface area contributed by atoms with Crippen molar-refractivity contribution >= 4 is 23.3 Å². The number of β-amino-alcohol motifs (C(OH)–C–C–N with tert-alkyl or cyclic N) is 1. The van der Waals surface area contributed by atoms with E-state index in [0.29, 0.717) is 47.6 Å². The standard InChI is InChI=1S/C56H75N11O6/c1-5-39-10-12-41(13-11-39)38(4)58-55(70)49-30-45(68)36-67(49)56(71)53(37(2)3)51-32-52(61-73-51)72-29-28-62-20-16-42(17-21-62)65-24-18-43(19-25-65)64-22-14-40(15-23-64)34-63-26-27-66-44(35-63)33-57-54-48(66)31-47(59-60-54)46-8-6-7-9-50(46)69/h1,6-13,31-32,37-38,40,42-45,49,53,68-69H,14-30,33-36H2,2-4H3,(H,57,60)(H,58,70)/t38-,44-,45+,49-,53-/m0/s1. The fourth-order valence-corrected chi connectivity index (χ4v) is 12.6. The molecule has 5 fully saturated rings. The number of likely N-dealkylation sites (tertiary alicyclic amines) is 4. The number of aliphatic hydroxyl groups excluding tert-OH is 1. The third kappa shape index (κ3) is 11.6. The van der Waals surface area contributed by atoms with Crippen molar-refractivity contribution in [3.8, 4) is 35.2 Å². The van der Waals surface area contributed by atoms with Gasteiger partial charge in [-0.15, -0.1) is 16.6 Å².